The van der Waals surface area contributed by atoms with Gasteiger partial charge in [-0.2, -0.15) is 0 Å². The molecule has 0 amide bonds. The molecule has 1 heteroatoms. The fraction of sp³-hybridized carbons (Fsp3) is 0.368. The quantitative estimate of drug-likeness (QED) is 0.898. The SMILES string of the molecule is OC(C1Cc2ccccc2C1)C1CC1c1ccccc1. The molecule has 2 aliphatic carbocycles. The first-order chi connectivity index (χ1) is 9.83. The molecule has 0 saturated heterocycles. The van der Waals surface area contributed by atoms with Crippen LogP contribution < -0.4 is 0 Å². The smallest absolute Gasteiger partial charge is 0.0608 e. The lowest BCUT2D eigenvalue weighted by atomic mass is 9.93. The van der Waals surface area contributed by atoms with E-state index in [1.54, 1.807) is 0 Å². The Morgan fingerprint density at radius 3 is 2.10 bits per heavy atom. The fourth-order valence-corrected chi connectivity index (χ4v) is 3.86. The Morgan fingerprint density at radius 1 is 0.850 bits per heavy atom. The van der Waals surface area contributed by atoms with Gasteiger partial charge in [0.1, 0.15) is 0 Å². The third-order valence-corrected chi connectivity index (χ3v) is 5.07. The minimum atomic E-state index is -0.146. The van der Waals surface area contributed by atoms with E-state index in [9.17, 15) is 5.11 Å². The number of hydrogen-bond donors (Lipinski definition) is 1. The Bertz CT molecular complexity index is 579. The van der Waals surface area contributed by atoms with E-state index >= 15 is 0 Å². The summed E-state index contributed by atoms with van der Waals surface area (Å²) < 4.78 is 0. The van der Waals surface area contributed by atoms with Crippen LogP contribution in [0.15, 0.2) is 54.6 Å². The van der Waals surface area contributed by atoms with Crippen LogP contribution in [0.25, 0.3) is 0 Å². The molecule has 20 heavy (non-hydrogen) atoms. The molecule has 0 radical (unpaired) electrons. The predicted octanol–water partition coefficient (Wildman–Crippen LogP) is 3.57. The van der Waals surface area contributed by atoms with E-state index in [4.69, 9.17) is 0 Å². The molecule has 2 aliphatic rings. The van der Waals surface area contributed by atoms with Gasteiger partial charge in [0.2, 0.25) is 0 Å². The van der Waals surface area contributed by atoms with Gasteiger partial charge in [-0.3, -0.25) is 0 Å². The number of benzene rings is 2. The standard InChI is InChI=1S/C19H20O/c20-19(16-10-14-8-4-5-9-15(14)11-16)18-12-17(18)13-6-2-1-3-7-13/h1-9,16-20H,10-12H2. The maximum absolute atomic E-state index is 10.7. The first kappa shape index (κ1) is 12.2. The summed E-state index contributed by atoms with van der Waals surface area (Å²) in [4.78, 5) is 0. The Hall–Kier alpha value is -1.60. The van der Waals surface area contributed by atoms with Crippen LogP contribution >= 0.6 is 0 Å². The molecule has 4 rings (SSSR count). The third-order valence-electron chi connectivity index (χ3n) is 5.07. The minimum absolute atomic E-state index is 0.146. The Morgan fingerprint density at radius 2 is 1.45 bits per heavy atom. The average molecular weight is 264 g/mol. The van der Waals surface area contributed by atoms with E-state index in [0.717, 1.165) is 19.3 Å². The number of aliphatic hydroxyl groups is 1. The second kappa shape index (κ2) is 4.75. The molecule has 102 valence electrons. The molecule has 3 atom stereocenters. The van der Waals surface area contributed by atoms with Gasteiger partial charge >= 0.3 is 0 Å². The molecule has 1 saturated carbocycles. The molecular formula is C19H20O. The highest BCUT2D eigenvalue weighted by molar-refractivity contribution is 5.33. The summed E-state index contributed by atoms with van der Waals surface area (Å²) in [6.45, 7) is 0. The van der Waals surface area contributed by atoms with E-state index in [1.807, 2.05) is 0 Å². The van der Waals surface area contributed by atoms with Gasteiger partial charge in [0.25, 0.3) is 0 Å². The zero-order chi connectivity index (χ0) is 13.5. The van der Waals surface area contributed by atoms with Gasteiger partial charge in [-0.1, -0.05) is 54.6 Å². The van der Waals surface area contributed by atoms with Gasteiger partial charge in [-0.15, -0.1) is 0 Å². The highest BCUT2D eigenvalue weighted by Crippen LogP contribution is 2.52. The topological polar surface area (TPSA) is 20.2 Å². The summed E-state index contributed by atoms with van der Waals surface area (Å²) in [5.74, 6) is 1.47. The maximum Gasteiger partial charge on any atom is 0.0608 e. The van der Waals surface area contributed by atoms with Gasteiger partial charge in [-0.05, 0) is 53.7 Å². The minimum Gasteiger partial charge on any atom is -0.393 e. The van der Waals surface area contributed by atoms with E-state index in [0.29, 0.717) is 17.8 Å². The predicted molar refractivity (Wildman–Crippen MR) is 80.6 cm³/mol. The molecule has 0 bridgehead atoms. The van der Waals surface area contributed by atoms with Crippen molar-refractivity contribution in [3.05, 3.63) is 71.3 Å². The van der Waals surface area contributed by atoms with Crippen LogP contribution in [0.3, 0.4) is 0 Å². The lowest BCUT2D eigenvalue weighted by molar-refractivity contribution is 0.0890. The van der Waals surface area contributed by atoms with Gasteiger partial charge in [0.05, 0.1) is 6.10 Å². The molecule has 3 unspecified atom stereocenters. The normalized spacial score (nSPS) is 26.2. The van der Waals surface area contributed by atoms with Crippen molar-refractivity contribution in [3.63, 3.8) is 0 Å². The van der Waals surface area contributed by atoms with Crippen molar-refractivity contribution >= 4 is 0 Å². The first-order valence-electron chi connectivity index (χ1n) is 7.63. The molecular weight excluding hydrogens is 244 g/mol. The Kier molecular flexibility index (Phi) is 2.89. The van der Waals surface area contributed by atoms with Crippen molar-refractivity contribution < 1.29 is 5.11 Å². The molecule has 1 nitrogen and oxygen atoms in total. The third kappa shape index (κ3) is 2.06. The first-order valence-corrected chi connectivity index (χ1v) is 7.63. The van der Waals surface area contributed by atoms with Crippen molar-refractivity contribution in [2.45, 2.75) is 31.3 Å². The van der Waals surface area contributed by atoms with Crippen molar-refractivity contribution in [2.24, 2.45) is 11.8 Å². The van der Waals surface area contributed by atoms with Crippen LogP contribution in [0.4, 0.5) is 0 Å². The highest BCUT2D eigenvalue weighted by Gasteiger charge is 2.46. The molecule has 1 N–H and O–H groups in total. The van der Waals surface area contributed by atoms with Crippen LogP contribution in [0.5, 0.6) is 0 Å². The molecule has 0 aromatic heterocycles. The lowest BCUT2D eigenvalue weighted by Crippen LogP contribution is -2.23. The van der Waals surface area contributed by atoms with Crippen molar-refractivity contribution in [2.75, 3.05) is 0 Å². The Balaban J connectivity index is 1.45. The van der Waals surface area contributed by atoms with Crippen LogP contribution in [-0.4, -0.2) is 11.2 Å². The van der Waals surface area contributed by atoms with Crippen molar-refractivity contribution in [3.8, 4) is 0 Å². The number of aliphatic hydroxyl groups excluding tert-OH is 1. The summed E-state index contributed by atoms with van der Waals surface area (Å²) in [5, 5.41) is 10.7. The number of fused-ring (bicyclic) bond motifs is 1. The second-order valence-electron chi connectivity index (χ2n) is 6.34. The van der Waals surface area contributed by atoms with E-state index in [1.165, 1.54) is 16.7 Å². The van der Waals surface area contributed by atoms with Crippen LogP contribution in [-0.2, 0) is 12.8 Å². The summed E-state index contributed by atoms with van der Waals surface area (Å²) in [6, 6.07) is 19.3. The maximum atomic E-state index is 10.7. The summed E-state index contributed by atoms with van der Waals surface area (Å²) >= 11 is 0. The van der Waals surface area contributed by atoms with Crippen LogP contribution in [0, 0.1) is 11.8 Å². The van der Waals surface area contributed by atoms with Crippen molar-refractivity contribution in [1.82, 2.24) is 0 Å². The molecule has 0 heterocycles. The summed E-state index contributed by atoms with van der Waals surface area (Å²) in [7, 11) is 0. The number of hydrogen-bond acceptors (Lipinski definition) is 1. The lowest BCUT2D eigenvalue weighted by Gasteiger charge is -2.17. The largest absolute Gasteiger partial charge is 0.393 e. The summed E-state index contributed by atoms with van der Waals surface area (Å²) in [5.41, 5.74) is 4.27. The highest BCUT2D eigenvalue weighted by atomic mass is 16.3. The monoisotopic (exact) mass is 264 g/mol. The van der Waals surface area contributed by atoms with E-state index < -0.39 is 0 Å². The second-order valence-corrected chi connectivity index (χ2v) is 6.34. The molecule has 0 aliphatic heterocycles. The average Bonchev–Trinajstić information content (AvgIpc) is 3.18. The van der Waals surface area contributed by atoms with Gasteiger partial charge < -0.3 is 5.11 Å². The Labute approximate surface area is 120 Å². The van der Waals surface area contributed by atoms with Gasteiger partial charge in [0, 0.05) is 0 Å². The summed E-state index contributed by atoms with van der Waals surface area (Å²) in [6.07, 6.45) is 3.11. The van der Waals surface area contributed by atoms with Crippen LogP contribution in [0.1, 0.15) is 29.0 Å². The molecule has 2 aromatic carbocycles. The van der Waals surface area contributed by atoms with Crippen LogP contribution in [0.2, 0.25) is 0 Å². The molecule has 0 spiro atoms. The zero-order valence-corrected chi connectivity index (χ0v) is 11.6. The fourth-order valence-electron chi connectivity index (χ4n) is 3.86. The molecule has 1 fully saturated rings. The van der Waals surface area contributed by atoms with Gasteiger partial charge in [-0.25, -0.2) is 0 Å². The van der Waals surface area contributed by atoms with E-state index in [-0.39, 0.29) is 6.10 Å². The number of rotatable bonds is 3. The van der Waals surface area contributed by atoms with Crippen molar-refractivity contribution in [1.29, 1.82) is 0 Å². The zero-order valence-electron chi connectivity index (χ0n) is 11.6. The molecule has 2 aromatic rings. The van der Waals surface area contributed by atoms with Gasteiger partial charge in [0.15, 0.2) is 0 Å². The van der Waals surface area contributed by atoms with E-state index in [2.05, 4.69) is 54.6 Å².